The lowest BCUT2D eigenvalue weighted by Gasteiger charge is -2.41. The number of aryl methyl sites for hydroxylation is 2. The largest absolute Gasteiger partial charge is 0.326 e. The molecule has 1 aliphatic heterocycles. The van der Waals surface area contributed by atoms with Crippen LogP contribution in [0.2, 0.25) is 0 Å². The highest BCUT2D eigenvalue weighted by molar-refractivity contribution is 6.00. The van der Waals surface area contributed by atoms with Gasteiger partial charge in [0.25, 0.3) is 5.91 Å². The quantitative estimate of drug-likeness (QED) is 0.777. The van der Waals surface area contributed by atoms with Gasteiger partial charge in [0.15, 0.2) is 5.78 Å². The zero-order chi connectivity index (χ0) is 14.2. The van der Waals surface area contributed by atoms with E-state index in [1.165, 1.54) is 5.56 Å². The van der Waals surface area contributed by atoms with Gasteiger partial charge in [-0.15, -0.1) is 0 Å². The highest BCUT2D eigenvalue weighted by atomic mass is 16.2. The van der Waals surface area contributed by atoms with Crippen molar-refractivity contribution in [2.45, 2.75) is 46.1 Å². The highest BCUT2D eigenvalue weighted by Gasteiger charge is 2.40. The van der Waals surface area contributed by atoms with E-state index >= 15 is 0 Å². The second-order valence-electron chi connectivity index (χ2n) is 5.84. The molecule has 0 aliphatic carbocycles. The lowest BCUT2D eigenvalue weighted by molar-refractivity contribution is -0.130. The van der Waals surface area contributed by atoms with Crippen LogP contribution < -0.4 is 0 Å². The Labute approximate surface area is 114 Å². The third-order valence-electron chi connectivity index (χ3n) is 4.14. The van der Waals surface area contributed by atoms with E-state index in [0.29, 0.717) is 18.5 Å². The predicted octanol–water partition coefficient (Wildman–Crippen LogP) is 2.89. The first-order valence-electron chi connectivity index (χ1n) is 6.76. The normalized spacial score (nSPS) is 18.5. The molecule has 3 nitrogen and oxygen atoms in total. The van der Waals surface area contributed by atoms with E-state index in [9.17, 15) is 9.59 Å². The molecule has 0 bridgehead atoms. The van der Waals surface area contributed by atoms with Crippen molar-refractivity contribution in [1.82, 2.24) is 4.90 Å². The first kappa shape index (κ1) is 13.8. The number of rotatable bonds is 1. The van der Waals surface area contributed by atoms with Crippen molar-refractivity contribution in [3.63, 3.8) is 0 Å². The molecule has 19 heavy (non-hydrogen) atoms. The maximum atomic E-state index is 12.6. The van der Waals surface area contributed by atoms with Crippen LogP contribution in [0.4, 0.5) is 0 Å². The Bertz CT molecular complexity index is 532. The summed E-state index contributed by atoms with van der Waals surface area (Å²) in [6.45, 7) is 8.36. The van der Waals surface area contributed by atoms with Crippen LogP contribution >= 0.6 is 0 Å². The Balaban J connectivity index is 2.32. The van der Waals surface area contributed by atoms with Crippen molar-refractivity contribution >= 4 is 11.7 Å². The van der Waals surface area contributed by atoms with E-state index in [0.717, 1.165) is 12.0 Å². The van der Waals surface area contributed by atoms with Gasteiger partial charge in [0.2, 0.25) is 0 Å². The average Bonchev–Trinajstić information content (AvgIpc) is 2.35. The minimum absolute atomic E-state index is 0.0406. The zero-order valence-electron chi connectivity index (χ0n) is 12.1. The Hall–Kier alpha value is -1.64. The van der Waals surface area contributed by atoms with Crippen molar-refractivity contribution in [1.29, 1.82) is 0 Å². The van der Waals surface area contributed by atoms with Crippen LogP contribution in [0.15, 0.2) is 18.2 Å². The lowest BCUT2D eigenvalue weighted by Crippen LogP contribution is -2.56. The molecule has 1 amide bonds. The van der Waals surface area contributed by atoms with Crippen LogP contribution in [0.25, 0.3) is 0 Å². The monoisotopic (exact) mass is 259 g/mol. The number of benzene rings is 1. The fraction of sp³-hybridized carbons (Fsp3) is 0.500. The van der Waals surface area contributed by atoms with Crippen molar-refractivity contribution in [2.75, 3.05) is 6.54 Å². The molecular formula is C16H21NO2. The third-order valence-corrected chi connectivity index (χ3v) is 4.14. The molecule has 1 aromatic carbocycles. The zero-order valence-corrected chi connectivity index (χ0v) is 12.1. The molecule has 2 rings (SSSR count). The summed E-state index contributed by atoms with van der Waals surface area (Å²) in [6.07, 6.45) is 1.34. The summed E-state index contributed by atoms with van der Waals surface area (Å²) in [5.41, 5.74) is 2.26. The van der Waals surface area contributed by atoms with Crippen molar-refractivity contribution in [3.05, 3.63) is 34.9 Å². The molecule has 0 radical (unpaired) electrons. The fourth-order valence-corrected chi connectivity index (χ4v) is 2.52. The van der Waals surface area contributed by atoms with E-state index in [4.69, 9.17) is 0 Å². The van der Waals surface area contributed by atoms with E-state index < -0.39 is 5.54 Å². The lowest BCUT2D eigenvalue weighted by atomic mass is 9.88. The Morgan fingerprint density at radius 3 is 2.53 bits per heavy atom. The molecule has 0 unspecified atom stereocenters. The van der Waals surface area contributed by atoms with Gasteiger partial charge in [-0.1, -0.05) is 6.07 Å². The second kappa shape index (κ2) is 4.80. The van der Waals surface area contributed by atoms with Crippen molar-refractivity contribution < 1.29 is 9.59 Å². The number of amides is 1. The smallest absolute Gasteiger partial charge is 0.254 e. The molecule has 1 aromatic rings. The van der Waals surface area contributed by atoms with Crippen LogP contribution in [-0.2, 0) is 4.79 Å². The number of carbonyl (C=O) groups excluding carboxylic acids is 2. The molecule has 0 spiro atoms. The van der Waals surface area contributed by atoms with Gasteiger partial charge in [-0.05, 0) is 57.4 Å². The maximum absolute atomic E-state index is 12.6. The van der Waals surface area contributed by atoms with E-state index in [1.54, 1.807) is 4.90 Å². The van der Waals surface area contributed by atoms with Gasteiger partial charge in [0.1, 0.15) is 0 Å². The number of hydrogen-bond donors (Lipinski definition) is 0. The van der Waals surface area contributed by atoms with Crippen LogP contribution in [0.1, 0.15) is 48.2 Å². The number of piperidine rings is 1. The molecule has 0 atom stereocenters. The minimum atomic E-state index is -0.686. The maximum Gasteiger partial charge on any atom is 0.254 e. The number of ketones is 1. The summed E-state index contributed by atoms with van der Waals surface area (Å²) in [5.74, 6) is 0.108. The molecule has 3 heteroatoms. The Morgan fingerprint density at radius 2 is 1.89 bits per heavy atom. The summed E-state index contributed by atoms with van der Waals surface area (Å²) in [6, 6.07) is 5.72. The van der Waals surface area contributed by atoms with Gasteiger partial charge >= 0.3 is 0 Å². The number of likely N-dealkylation sites (tertiary alicyclic amines) is 1. The number of nitrogens with zero attached hydrogens (tertiary/aromatic N) is 1. The second-order valence-corrected chi connectivity index (χ2v) is 5.84. The van der Waals surface area contributed by atoms with Crippen LogP contribution in [0.5, 0.6) is 0 Å². The third kappa shape index (κ3) is 2.42. The Kier molecular flexibility index (Phi) is 3.48. The summed E-state index contributed by atoms with van der Waals surface area (Å²) in [7, 11) is 0. The summed E-state index contributed by atoms with van der Waals surface area (Å²) >= 11 is 0. The van der Waals surface area contributed by atoms with Crippen molar-refractivity contribution in [3.8, 4) is 0 Å². The molecule has 0 aromatic heterocycles. The predicted molar refractivity (Wildman–Crippen MR) is 75.3 cm³/mol. The van der Waals surface area contributed by atoms with Gasteiger partial charge in [-0.25, -0.2) is 0 Å². The highest BCUT2D eigenvalue weighted by Crippen LogP contribution is 2.26. The summed E-state index contributed by atoms with van der Waals surface area (Å²) in [5, 5.41) is 0. The molecular weight excluding hydrogens is 238 g/mol. The standard InChI is InChI=1S/C16H21NO2/c1-11-7-8-13(10-12(11)2)15(19)17-9-5-6-14(18)16(17,3)4/h7-8,10H,5-6,9H2,1-4H3. The topological polar surface area (TPSA) is 37.4 Å². The summed E-state index contributed by atoms with van der Waals surface area (Å²) in [4.78, 5) is 26.3. The average molecular weight is 259 g/mol. The SMILES string of the molecule is Cc1ccc(C(=O)N2CCCC(=O)C2(C)C)cc1C. The van der Waals surface area contributed by atoms with Crippen LogP contribution in [0, 0.1) is 13.8 Å². The molecule has 1 fully saturated rings. The van der Waals surface area contributed by atoms with Crippen molar-refractivity contribution in [2.24, 2.45) is 0 Å². The summed E-state index contributed by atoms with van der Waals surface area (Å²) < 4.78 is 0. The number of Topliss-reactive ketones (excluding diaryl/α,β-unsaturated/α-hetero) is 1. The molecule has 1 heterocycles. The van der Waals surface area contributed by atoms with Crippen LogP contribution in [-0.4, -0.2) is 28.7 Å². The van der Waals surface area contributed by atoms with Gasteiger partial charge in [-0.3, -0.25) is 9.59 Å². The first-order chi connectivity index (χ1) is 8.84. The van der Waals surface area contributed by atoms with Gasteiger partial charge < -0.3 is 4.90 Å². The number of hydrogen-bond acceptors (Lipinski definition) is 2. The van der Waals surface area contributed by atoms with Crippen LogP contribution in [0.3, 0.4) is 0 Å². The fourth-order valence-electron chi connectivity index (χ4n) is 2.52. The molecule has 1 aliphatic rings. The molecule has 1 saturated heterocycles. The molecule has 0 saturated carbocycles. The van der Waals surface area contributed by atoms with E-state index in [2.05, 4.69) is 0 Å². The van der Waals surface area contributed by atoms with Gasteiger partial charge in [0.05, 0.1) is 5.54 Å². The Morgan fingerprint density at radius 1 is 1.21 bits per heavy atom. The molecule has 0 N–H and O–H groups in total. The van der Waals surface area contributed by atoms with E-state index in [1.807, 2.05) is 45.9 Å². The first-order valence-corrected chi connectivity index (χ1v) is 6.76. The van der Waals surface area contributed by atoms with Gasteiger partial charge in [0, 0.05) is 18.5 Å². The van der Waals surface area contributed by atoms with E-state index in [-0.39, 0.29) is 11.7 Å². The van der Waals surface area contributed by atoms with Gasteiger partial charge in [-0.2, -0.15) is 0 Å². The molecule has 102 valence electrons. The number of carbonyl (C=O) groups is 2. The minimum Gasteiger partial charge on any atom is -0.326 e.